The second-order valence-corrected chi connectivity index (χ2v) is 5.73. The average molecular weight is 386 g/mol. The number of nitriles is 1. The van der Waals surface area contributed by atoms with Crippen molar-refractivity contribution in [2.45, 2.75) is 0 Å². The number of nitro groups is 1. The van der Waals surface area contributed by atoms with Crippen LogP contribution in [0.3, 0.4) is 0 Å². The minimum absolute atomic E-state index is 0.0858. The highest BCUT2D eigenvalue weighted by Crippen LogP contribution is 2.30. The van der Waals surface area contributed by atoms with Crippen molar-refractivity contribution in [3.05, 3.63) is 73.0 Å². The Labute approximate surface area is 143 Å². The maximum atomic E-state index is 12.2. The van der Waals surface area contributed by atoms with Crippen LogP contribution < -0.4 is 5.56 Å². The van der Waals surface area contributed by atoms with E-state index >= 15 is 0 Å². The summed E-state index contributed by atoms with van der Waals surface area (Å²) in [5.74, 6) is -0.373. The van der Waals surface area contributed by atoms with Crippen LogP contribution in [0.15, 0.2) is 56.1 Å². The number of nitrogens with zero attached hydrogens (tertiary/aromatic N) is 2. The zero-order valence-electron chi connectivity index (χ0n) is 11.9. The molecule has 118 valence electrons. The molecule has 24 heavy (non-hydrogen) atoms. The molecular formula is C16H8BrN3O4. The molecule has 8 heteroatoms. The molecule has 0 spiro atoms. The standard InChI is InChI=1S/C16H8BrN3O4/c17-10-3-1-9(2-4-10)13-7-11(12(8-18)16(21)19-13)14-5-6-15(24-14)20(22)23/h1-7H,(H,19,21). The van der Waals surface area contributed by atoms with Crippen LogP contribution >= 0.6 is 15.9 Å². The molecule has 3 aromatic rings. The lowest BCUT2D eigenvalue weighted by Gasteiger charge is -2.06. The number of rotatable bonds is 3. The molecular weight excluding hydrogens is 378 g/mol. The third-order valence-corrected chi connectivity index (χ3v) is 3.87. The van der Waals surface area contributed by atoms with Gasteiger partial charge in [0.25, 0.3) is 5.56 Å². The minimum Gasteiger partial charge on any atom is -0.401 e. The van der Waals surface area contributed by atoms with E-state index in [4.69, 9.17) is 4.42 Å². The van der Waals surface area contributed by atoms with E-state index in [1.807, 2.05) is 18.2 Å². The van der Waals surface area contributed by atoms with Crippen molar-refractivity contribution in [3.63, 3.8) is 0 Å². The first kappa shape index (κ1) is 15.7. The Morgan fingerprint density at radius 3 is 2.50 bits per heavy atom. The molecule has 3 rings (SSSR count). The number of pyridine rings is 1. The van der Waals surface area contributed by atoms with Crippen LogP contribution in [0.2, 0.25) is 0 Å². The summed E-state index contributed by atoms with van der Waals surface area (Å²) in [5, 5.41) is 20.0. The topological polar surface area (TPSA) is 113 Å². The number of hydrogen-bond acceptors (Lipinski definition) is 5. The molecule has 0 saturated heterocycles. The van der Waals surface area contributed by atoms with Gasteiger partial charge in [0.05, 0.1) is 6.07 Å². The van der Waals surface area contributed by atoms with E-state index in [1.54, 1.807) is 18.2 Å². The molecule has 0 bridgehead atoms. The summed E-state index contributed by atoms with van der Waals surface area (Å²) in [7, 11) is 0. The molecule has 1 N–H and O–H groups in total. The largest absolute Gasteiger partial charge is 0.433 e. The summed E-state index contributed by atoms with van der Waals surface area (Å²) < 4.78 is 6.01. The molecule has 7 nitrogen and oxygen atoms in total. The van der Waals surface area contributed by atoms with Crippen LogP contribution in [-0.2, 0) is 0 Å². The van der Waals surface area contributed by atoms with E-state index in [2.05, 4.69) is 20.9 Å². The molecule has 0 atom stereocenters. The van der Waals surface area contributed by atoms with Crippen molar-refractivity contribution in [2.75, 3.05) is 0 Å². The van der Waals surface area contributed by atoms with E-state index < -0.39 is 16.4 Å². The lowest BCUT2D eigenvalue weighted by molar-refractivity contribution is -0.401. The number of halogens is 1. The van der Waals surface area contributed by atoms with Gasteiger partial charge in [-0.2, -0.15) is 5.26 Å². The molecule has 0 aliphatic carbocycles. The lowest BCUT2D eigenvalue weighted by Crippen LogP contribution is -2.12. The fourth-order valence-electron chi connectivity index (χ4n) is 2.22. The van der Waals surface area contributed by atoms with E-state index in [-0.39, 0.29) is 16.9 Å². The van der Waals surface area contributed by atoms with Crippen LogP contribution in [0.25, 0.3) is 22.6 Å². The first-order chi connectivity index (χ1) is 11.5. The number of nitrogens with one attached hydrogen (secondary N) is 1. The van der Waals surface area contributed by atoms with Crippen molar-refractivity contribution in [1.82, 2.24) is 4.98 Å². The molecule has 0 radical (unpaired) electrons. The minimum atomic E-state index is -0.682. The maximum absolute atomic E-state index is 12.2. The first-order valence-electron chi connectivity index (χ1n) is 6.67. The Kier molecular flexibility index (Phi) is 4.02. The van der Waals surface area contributed by atoms with Crippen molar-refractivity contribution in [3.8, 4) is 28.7 Å². The van der Waals surface area contributed by atoms with Gasteiger partial charge in [-0.15, -0.1) is 0 Å². The number of benzene rings is 1. The van der Waals surface area contributed by atoms with Gasteiger partial charge in [0.1, 0.15) is 22.3 Å². The number of hydrogen-bond donors (Lipinski definition) is 1. The summed E-state index contributed by atoms with van der Waals surface area (Å²) in [6, 6.07) is 13.1. The van der Waals surface area contributed by atoms with Crippen molar-refractivity contribution < 1.29 is 9.34 Å². The van der Waals surface area contributed by atoms with Gasteiger partial charge in [0.15, 0.2) is 0 Å². The number of furan rings is 1. The highest BCUT2D eigenvalue weighted by atomic mass is 79.9. The van der Waals surface area contributed by atoms with Gasteiger partial charge in [-0.05, 0) is 29.8 Å². The molecule has 0 saturated carbocycles. The zero-order chi connectivity index (χ0) is 17.3. The summed E-state index contributed by atoms with van der Waals surface area (Å²) in [4.78, 5) is 24.9. The van der Waals surface area contributed by atoms with Gasteiger partial charge >= 0.3 is 5.88 Å². The fourth-order valence-corrected chi connectivity index (χ4v) is 2.48. The molecule has 0 unspecified atom stereocenters. The Morgan fingerprint density at radius 2 is 1.92 bits per heavy atom. The number of aromatic amines is 1. The van der Waals surface area contributed by atoms with Crippen molar-refractivity contribution in [2.24, 2.45) is 0 Å². The Morgan fingerprint density at radius 1 is 1.21 bits per heavy atom. The van der Waals surface area contributed by atoms with Gasteiger partial charge in [0.2, 0.25) is 0 Å². The van der Waals surface area contributed by atoms with Crippen molar-refractivity contribution in [1.29, 1.82) is 5.26 Å². The third-order valence-electron chi connectivity index (χ3n) is 3.34. The monoisotopic (exact) mass is 385 g/mol. The summed E-state index contributed by atoms with van der Waals surface area (Å²) in [6.07, 6.45) is 0. The Bertz CT molecular complexity index is 1030. The summed E-state index contributed by atoms with van der Waals surface area (Å²) in [6.45, 7) is 0. The predicted molar refractivity (Wildman–Crippen MR) is 89.3 cm³/mol. The van der Waals surface area contributed by atoms with Crippen LogP contribution in [0.5, 0.6) is 0 Å². The van der Waals surface area contributed by atoms with Crippen LogP contribution in [0, 0.1) is 21.4 Å². The fraction of sp³-hybridized carbons (Fsp3) is 0. The Balaban J connectivity index is 2.20. The van der Waals surface area contributed by atoms with E-state index in [0.717, 1.165) is 10.0 Å². The van der Waals surface area contributed by atoms with Gasteiger partial charge in [-0.25, -0.2) is 0 Å². The maximum Gasteiger partial charge on any atom is 0.433 e. The molecule has 0 aliphatic rings. The quantitative estimate of drug-likeness (QED) is 0.543. The molecule has 2 aromatic heterocycles. The second-order valence-electron chi connectivity index (χ2n) is 4.81. The molecule has 1 aromatic carbocycles. The average Bonchev–Trinajstić information content (AvgIpc) is 3.05. The van der Waals surface area contributed by atoms with Gasteiger partial charge in [-0.1, -0.05) is 28.1 Å². The van der Waals surface area contributed by atoms with E-state index in [0.29, 0.717) is 5.69 Å². The van der Waals surface area contributed by atoms with Crippen LogP contribution in [0.1, 0.15) is 5.56 Å². The van der Waals surface area contributed by atoms with Crippen LogP contribution in [-0.4, -0.2) is 9.91 Å². The first-order valence-corrected chi connectivity index (χ1v) is 7.47. The van der Waals surface area contributed by atoms with Gasteiger partial charge in [0, 0.05) is 15.7 Å². The van der Waals surface area contributed by atoms with E-state index in [9.17, 15) is 20.2 Å². The number of aromatic nitrogens is 1. The highest BCUT2D eigenvalue weighted by Gasteiger charge is 2.18. The molecule has 0 amide bonds. The normalized spacial score (nSPS) is 10.3. The van der Waals surface area contributed by atoms with E-state index in [1.165, 1.54) is 12.1 Å². The highest BCUT2D eigenvalue weighted by molar-refractivity contribution is 9.10. The Hall–Kier alpha value is -3.18. The second kappa shape index (κ2) is 6.14. The van der Waals surface area contributed by atoms with Crippen molar-refractivity contribution >= 4 is 21.8 Å². The SMILES string of the molecule is N#Cc1c(-c2ccc([N+](=O)[O-])o2)cc(-c2ccc(Br)cc2)[nH]c1=O. The summed E-state index contributed by atoms with van der Waals surface area (Å²) in [5.41, 5.74) is 0.641. The molecule has 0 fully saturated rings. The predicted octanol–water partition coefficient (Wildman–Crippen LogP) is 3.84. The zero-order valence-corrected chi connectivity index (χ0v) is 13.5. The summed E-state index contributed by atoms with van der Waals surface area (Å²) >= 11 is 3.33. The van der Waals surface area contributed by atoms with Gasteiger partial charge < -0.3 is 9.40 Å². The smallest absolute Gasteiger partial charge is 0.401 e. The molecule has 2 heterocycles. The lowest BCUT2D eigenvalue weighted by atomic mass is 10.0. The van der Waals surface area contributed by atoms with Crippen LogP contribution in [0.4, 0.5) is 5.88 Å². The van der Waals surface area contributed by atoms with Gasteiger partial charge in [-0.3, -0.25) is 14.9 Å². The third kappa shape index (κ3) is 2.85. The number of H-pyrrole nitrogens is 1. The molecule has 0 aliphatic heterocycles.